The Morgan fingerprint density at radius 3 is 2.67 bits per heavy atom. The van der Waals surface area contributed by atoms with Crippen LogP contribution < -0.4 is 5.48 Å². The lowest BCUT2D eigenvalue weighted by Gasteiger charge is -2.41. The standard InChI is InChI=1S/C13H19NO4/c15-12(6-2-1-3-7-12)13(16)9-10(14-18-13)11-5-4-8-17-11/h4-5,8,10,14-16H,1-3,6-7,9H2. The summed E-state index contributed by atoms with van der Waals surface area (Å²) in [5.74, 6) is -0.810. The van der Waals surface area contributed by atoms with E-state index in [2.05, 4.69) is 5.48 Å². The third-order valence-corrected chi connectivity index (χ3v) is 4.15. The van der Waals surface area contributed by atoms with Gasteiger partial charge in [-0.25, -0.2) is 0 Å². The molecule has 2 unspecified atom stereocenters. The lowest BCUT2D eigenvalue weighted by Crippen LogP contribution is -2.55. The summed E-state index contributed by atoms with van der Waals surface area (Å²) in [6.45, 7) is 0. The third kappa shape index (κ3) is 1.87. The molecule has 5 heteroatoms. The van der Waals surface area contributed by atoms with E-state index in [-0.39, 0.29) is 6.04 Å². The zero-order valence-corrected chi connectivity index (χ0v) is 10.3. The molecular formula is C13H19NO4. The first-order valence-electron chi connectivity index (χ1n) is 6.55. The van der Waals surface area contributed by atoms with Crippen molar-refractivity contribution in [2.24, 2.45) is 0 Å². The Bertz CT molecular complexity index is 399. The molecule has 0 aromatic carbocycles. The van der Waals surface area contributed by atoms with Crippen LogP contribution in [-0.4, -0.2) is 21.6 Å². The second-order valence-electron chi connectivity index (χ2n) is 5.37. The summed E-state index contributed by atoms with van der Waals surface area (Å²) in [5.41, 5.74) is 1.62. The highest BCUT2D eigenvalue weighted by Gasteiger charge is 2.56. The Hall–Kier alpha value is -0.880. The van der Waals surface area contributed by atoms with Gasteiger partial charge in [0.1, 0.15) is 11.4 Å². The van der Waals surface area contributed by atoms with E-state index < -0.39 is 11.4 Å². The third-order valence-electron chi connectivity index (χ3n) is 4.15. The molecule has 2 fully saturated rings. The van der Waals surface area contributed by atoms with Gasteiger partial charge in [0.15, 0.2) is 0 Å². The van der Waals surface area contributed by atoms with Crippen LogP contribution in [0.4, 0.5) is 0 Å². The number of rotatable bonds is 2. The molecule has 0 radical (unpaired) electrons. The molecular weight excluding hydrogens is 234 g/mol. The molecule has 5 nitrogen and oxygen atoms in total. The molecule has 2 aliphatic rings. The Labute approximate surface area is 106 Å². The lowest BCUT2D eigenvalue weighted by molar-refractivity contribution is -0.303. The van der Waals surface area contributed by atoms with Gasteiger partial charge in [-0.15, -0.1) is 0 Å². The van der Waals surface area contributed by atoms with E-state index in [1.807, 2.05) is 6.07 Å². The Kier molecular flexibility index (Phi) is 2.94. The average Bonchev–Trinajstić information content (AvgIpc) is 2.99. The van der Waals surface area contributed by atoms with Crippen molar-refractivity contribution in [1.29, 1.82) is 0 Å². The SMILES string of the molecule is OC1(C2(O)CC(c3ccco3)NO2)CCCCC1. The van der Waals surface area contributed by atoms with Gasteiger partial charge in [-0.3, -0.25) is 4.84 Å². The first-order valence-corrected chi connectivity index (χ1v) is 6.55. The zero-order chi connectivity index (χ0) is 12.6. The van der Waals surface area contributed by atoms with Crippen LogP contribution in [0.1, 0.15) is 50.3 Å². The van der Waals surface area contributed by atoms with Crippen LogP contribution >= 0.6 is 0 Å². The quantitative estimate of drug-likeness (QED) is 0.747. The predicted octanol–water partition coefficient (Wildman–Crippen LogP) is 1.63. The van der Waals surface area contributed by atoms with Gasteiger partial charge >= 0.3 is 0 Å². The fourth-order valence-electron chi connectivity index (χ4n) is 2.99. The van der Waals surface area contributed by atoms with Crippen molar-refractivity contribution >= 4 is 0 Å². The molecule has 0 bridgehead atoms. The maximum atomic E-state index is 10.6. The predicted molar refractivity (Wildman–Crippen MR) is 63.3 cm³/mol. The molecule has 0 amide bonds. The summed E-state index contributed by atoms with van der Waals surface area (Å²) in [7, 11) is 0. The van der Waals surface area contributed by atoms with Gasteiger partial charge in [-0.05, 0) is 25.0 Å². The van der Waals surface area contributed by atoms with Crippen molar-refractivity contribution in [3.8, 4) is 0 Å². The minimum atomic E-state index is -1.52. The Morgan fingerprint density at radius 2 is 2.00 bits per heavy atom. The minimum Gasteiger partial charge on any atom is -0.468 e. The minimum absolute atomic E-state index is 0.212. The first kappa shape index (κ1) is 12.2. The van der Waals surface area contributed by atoms with E-state index in [0.717, 1.165) is 19.3 Å². The highest BCUT2D eigenvalue weighted by molar-refractivity contribution is 5.09. The van der Waals surface area contributed by atoms with Crippen LogP contribution in [0.15, 0.2) is 22.8 Å². The van der Waals surface area contributed by atoms with Crippen molar-refractivity contribution in [2.75, 3.05) is 0 Å². The molecule has 100 valence electrons. The van der Waals surface area contributed by atoms with Crippen molar-refractivity contribution in [3.63, 3.8) is 0 Å². The normalized spacial score (nSPS) is 35.8. The van der Waals surface area contributed by atoms with Crippen molar-refractivity contribution in [1.82, 2.24) is 5.48 Å². The fourth-order valence-corrected chi connectivity index (χ4v) is 2.99. The van der Waals surface area contributed by atoms with Gasteiger partial charge in [0, 0.05) is 6.42 Å². The van der Waals surface area contributed by atoms with Crippen LogP contribution in [0.2, 0.25) is 0 Å². The number of nitrogens with one attached hydrogen (secondary N) is 1. The number of hydroxylamine groups is 1. The molecule has 1 aromatic heterocycles. The molecule has 1 saturated carbocycles. The maximum Gasteiger partial charge on any atom is 0.216 e. The van der Waals surface area contributed by atoms with Gasteiger partial charge in [-0.2, -0.15) is 5.48 Å². The maximum absolute atomic E-state index is 10.6. The molecule has 18 heavy (non-hydrogen) atoms. The smallest absolute Gasteiger partial charge is 0.216 e. The second kappa shape index (κ2) is 4.35. The average molecular weight is 253 g/mol. The van der Waals surface area contributed by atoms with E-state index in [9.17, 15) is 10.2 Å². The topological polar surface area (TPSA) is 74.9 Å². The largest absolute Gasteiger partial charge is 0.468 e. The zero-order valence-electron chi connectivity index (χ0n) is 10.3. The number of aliphatic hydroxyl groups is 2. The van der Waals surface area contributed by atoms with E-state index in [0.29, 0.717) is 25.0 Å². The molecule has 1 aliphatic heterocycles. The number of hydrogen-bond acceptors (Lipinski definition) is 5. The summed E-state index contributed by atoms with van der Waals surface area (Å²) >= 11 is 0. The Morgan fingerprint density at radius 1 is 1.22 bits per heavy atom. The highest BCUT2D eigenvalue weighted by Crippen LogP contribution is 2.44. The van der Waals surface area contributed by atoms with Crippen molar-refractivity contribution < 1.29 is 19.5 Å². The summed E-state index contributed by atoms with van der Waals surface area (Å²) in [6, 6.07) is 3.41. The second-order valence-corrected chi connectivity index (χ2v) is 5.37. The van der Waals surface area contributed by atoms with Crippen LogP contribution in [0.25, 0.3) is 0 Å². The monoisotopic (exact) mass is 253 g/mol. The molecule has 2 atom stereocenters. The highest BCUT2D eigenvalue weighted by atomic mass is 16.8. The summed E-state index contributed by atoms with van der Waals surface area (Å²) in [6.07, 6.45) is 6.00. The fraction of sp³-hybridized carbons (Fsp3) is 0.692. The number of hydrogen-bond donors (Lipinski definition) is 3. The van der Waals surface area contributed by atoms with E-state index in [4.69, 9.17) is 9.25 Å². The molecule has 0 spiro atoms. The molecule has 3 rings (SSSR count). The van der Waals surface area contributed by atoms with Crippen molar-refractivity contribution in [3.05, 3.63) is 24.2 Å². The van der Waals surface area contributed by atoms with Gasteiger partial charge in [0.25, 0.3) is 0 Å². The van der Waals surface area contributed by atoms with Crippen molar-refractivity contribution in [2.45, 2.75) is 56.0 Å². The first-order chi connectivity index (χ1) is 8.63. The number of furan rings is 1. The lowest BCUT2D eigenvalue weighted by atomic mass is 9.77. The van der Waals surface area contributed by atoms with Gasteiger partial charge < -0.3 is 14.6 Å². The van der Waals surface area contributed by atoms with Gasteiger partial charge in [0.2, 0.25) is 5.79 Å². The van der Waals surface area contributed by atoms with E-state index in [1.165, 1.54) is 0 Å². The molecule has 3 N–H and O–H groups in total. The van der Waals surface area contributed by atoms with Crippen LogP contribution in [0.5, 0.6) is 0 Å². The van der Waals surface area contributed by atoms with Gasteiger partial charge in [-0.1, -0.05) is 19.3 Å². The summed E-state index contributed by atoms with van der Waals surface area (Å²) < 4.78 is 5.30. The van der Waals surface area contributed by atoms with Crippen LogP contribution in [-0.2, 0) is 4.84 Å². The molecule has 1 aliphatic carbocycles. The molecule has 1 aromatic rings. The summed E-state index contributed by atoms with van der Waals surface area (Å²) in [4.78, 5) is 5.31. The Balaban J connectivity index is 1.76. The van der Waals surface area contributed by atoms with Crippen LogP contribution in [0, 0.1) is 0 Å². The van der Waals surface area contributed by atoms with E-state index >= 15 is 0 Å². The van der Waals surface area contributed by atoms with Gasteiger partial charge in [0.05, 0.1) is 12.3 Å². The van der Waals surface area contributed by atoms with Crippen LogP contribution in [0.3, 0.4) is 0 Å². The summed E-state index contributed by atoms with van der Waals surface area (Å²) in [5, 5.41) is 21.2. The molecule has 1 saturated heterocycles. The molecule has 2 heterocycles. The van der Waals surface area contributed by atoms with E-state index in [1.54, 1.807) is 12.3 Å².